The first-order valence-electron chi connectivity index (χ1n) is 4.63. The van der Waals surface area contributed by atoms with Crippen LogP contribution in [0.2, 0.25) is 0 Å². The number of carbonyl (C=O) groups excluding carboxylic acids is 1. The van der Waals surface area contributed by atoms with Gasteiger partial charge < -0.3 is 0 Å². The van der Waals surface area contributed by atoms with Crippen molar-refractivity contribution in [1.29, 1.82) is 0 Å². The fourth-order valence-electron chi connectivity index (χ4n) is 2.01. The third-order valence-corrected chi connectivity index (χ3v) is 3.18. The summed E-state index contributed by atoms with van der Waals surface area (Å²) in [5, 5.41) is 0. The predicted molar refractivity (Wildman–Crippen MR) is 58.2 cm³/mol. The van der Waals surface area contributed by atoms with Crippen molar-refractivity contribution in [2.75, 3.05) is 6.54 Å². The van der Waals surface area contributed by atoms with Crippen LogP contribution in [-0.4, -0.2) is 12.6 Å². The van der Waals surface area contributed by atoms with Gasteiger partial charge in [-0.15, -0.1) is 0 Å². The molecule has 0 fully saturated rings. The van der Waals surface area contributed by atoms with Crippen LogP contribution in [0.3, 0.4) is 0 Å². The molecule has 0 bridgehead atoms. The highest BCUT2D eigenvalue weighted by Crippen LogP contribution is 2.34. The first-order valence-corrected chi connectivity index (χ1v) is 5.42. The quantitative estimate of drug-likeness (QED) is 0.587. The van der Waals surface area contributed by atoms with E-state index >= 15 is 0 Å². The molecular formula is C11H10BrNO. The van der Waals surface area contributed by atoms with Gasteiger partial charge in [0.1, 0.15) is 0 Å². The minimum Gasteiger partial charge on any atom is -0.211 e. The number of isocyanates is 1. The minimum atomic E-state index is 0.416. The number of nitrogens with zero attached hydrogens (tertiary/aromatic N) is 1. The smallest absolute Gasteiger partial charge is 0.211 e. The summed E-state index contributed by atoms with van der Waals surface area (Å²) in [6.45, 7) is 0.581. The van der Waals surface area contributed by atoms with Crippen molar-refractivity contribution in [2.45, 2.75) is 18.8 Å². The number of hydrogen-bond donors (Lipinski definition) is 0. The molecule has 2 rings (SSSR count). The largest absolute Gasteiger partial charge is 0.234 e. The van der Waals surface area contributed by atoms with E-state index in [0.717, 1.165) is 17.3 Å². The number of fused-ring (bicyclic) bond motifs is 1. The van der Waals surface area contributed by atoms with Crippen molar-refractivity contribution >= 4 is 22.0 Å². The molecule has 0 spiro atoms. The van der Waals surface area contributed by atoms with Crippen LogP contribution in [0.4, 0.5) is 0 Å². The number of aryl methyl sites for hydroxylation is 1. The number of rotatable bonds is 2. The van der Waals surface area contributed by atoms with Gasteiger partial charge in [-0.2, -0.15) is 0 Å². The zero-order valence-electron chi connectivity index (χ0n) is 7.66. The molecule has 1 unspecified atom stereocenters. The maximum Gasteiger partial charge on any atom is 0.234 e. The maximum absolute atomic E-state index is 10.0. The highest BCUT2D eigenvalue weighted by Gasteiger charge is 2.21. The second-order valence-electron chi connectivity index (χ2n) is 3.51. The van der Waals surface area contributed by atoms with E-state index in [2.05, 4.69) is 33.1 Å². The van der Waals surface area contributed by atoms with Gasteiger partial charge in [0.05, 0.1) is 6.54 Å². The standard InChI is InChI=1S/C11H10BrNO/c12-10-3-4-11-8(5-10)1-2-9(11)6-13-7-14/h3-5,9H,1-2,6H2. The Balaban J connectivity index is 2.26. The van der Waals surface area contributed by atoms with Gasteiger partial charge in [-0.05, 0) is 36.1 Å². The molecular weight excluding hydrogens is 242 g/mol. The first-order chi connectivity index (χ1) is 6.81. The minimum absolute atomic E-state index is 0.416. The highest BCUT2D eigenvalue weighted by atomic mass is 79.9. The average molecular weight is 252 g/mol. The molecule has 1 aliphatic carbocycles. The molecule has 14 heavy (non-hydrogen) atoms. The Bertz CT molecular complexity index is 396. The number of aliphatic imine (C=N–C) groups is 1. The number of hydrogen-bond acceptors (Lipinski definition) is 2. The van der Waals surface area contributed by atoms with E-state index in [-0.39, 0.29) is 0 Å². The third kappa shape index (κ3) is 1.79. The lowest BCUT2D eigenvalue weighted by molar-refractivity contribution is 0.560. The van der Waals surface area contributed by atoms with Crippen molar-refractivity contribution in [2.24, 2.45) is 4.99 Å². The van der Waals surface area contributed by atoms with E-state index < -0.39 is 0 Å². The zero-order chi connectivity index (χ0) is 9.97. The monoisotopic (exact) mass is 251 g/mol. The molecule has 0 saturated heterocycles. The molecule has 72 valence electrons. The molecule has 0 radical (unpaired) electrons. The van der Waals surface area contributed by atoms with Crippen molar-refractivity contribution in [1.82, 2.24) is 0 Å². The van der Waals surface area contributed by atoms with Crippen LogP contribution in [0.15, 0.2) is 27.7 Å². The summed E-state index contributed by atoms with van der Waals surface area (Å²) in [7, 11) is 0. The Morgan fingerprint density at radius 1 is 1.57 bits per heavy atom. The Kier molecular flexibility index (Phi) is 2.80. The van der Waals surface area contributed by atoms with Crippen LogP contribution in [0.5, 0.6) is 0 Å². The number of halogens is 1. The van der Waals surface area contributed by atoms with E-state index in [0.29, 0.717) is 12.5 Å². The van der Waals surface area contributed by atoms with Crippen molar-refractivity contribution in [3.8, 4) is 0 Å². The lowest BCUT2D eigenvalue weighted by Gasteiger charge is -2.06. The molecule has 1 aromatic carbocycles. The molecule has 0 amide bonds. The van der Waals surface area contributed by atoms with Gasteiger partial charge in [0.25, 0.3) is 0 Å². The van der Waals surface area contributed by atoms with Crippen molar-refractivity contribution in [3.05, 3.63) is 33.8 Å². The summed E-state index contributed by atoms with van der Waals surface area (Å²) in [6.07, 6.45) is 3.79. The predicted octanol–water partition coefficient (Wildman–Crippen LogP) is 2.81. The molecule has 0 heterocycles. The molecule has 0 saturated carbocycles. The Labute approximate surface area is 91.2 Å². The lowest BCUT2D eigenvalue weighted by atomic mass is 10.0. The van der Waals surface area contributed by atoms with Gasteiger partial charge in [-0.1, -0.05) is 22.0 Å². The van der Waals surface area contributed by atoms with Gasteiger partial charge in [0.2, 0.25) is 6.08 Å². The second kappa shape index (κ2) is 4.07. The maximum atomic E-state index is 10.0. The molecule has 1 aliphatic rings. The van der Waals surface area contributed by atoms with Crippen LogP contribution in [0, 0.1) is 0 Å². The molecule has 0 aliphatic heterocycles. The summed E-state index contributed by atoms with van der Waals surface area (Å²) in [4.78, 5) is 13.7. The Morgan fingerprint density at radius 3 is 3.21 bits per heavy atom. The van der Waals surface area contributed by atoms with Crippen molar-refractivity contribution < 1.29 is 4.79 Å². The topological polar surface area (TPSA) is 29.4 Å². The summed E-state index contributed by atoms with van der Waals surface area (Å²) < 4.78 is 1.12. The third-order valence-electron chi connectivity index (χ3n) is 2.68. The Hall–Kier alpha value is -0.920. The van der Waals surface area contributed by atoms with Crippen LogP contribution < -0.4 is 0 Å². The molecule has 1 aromatic rings. The van der Waals surface area contributed by atoms with Crippen LogP contribution in [0.1, 0.15) is 23.5 Å². The fourth-order valence-corrected chi connectivity index (χ4v) is 2.42. The van der Waals surface area contributed by atoms with Gasteiger partial charge in [-0.3, -0.25) is 0 Å². The molecule has 0 N–H and O–H groups in total. The summed E-state index contributed by atoms with van der Waals surface area (Å²) in [6, 6.07) is 6.32. The molecule has 2 nitrogen and oxygen atoms in total. The molecule has 1 atom stereocenters. The normalized spacial score (nSPS) is 18.8. The molecule has 0 aromatic heterocycles. The molecule has 3 heteroatoms. The van der Waals surface area contributed by atoms with Gasteiger partial charge in [-0.25, -0.2) is 9.79 Å². The van der Waals surface area contributed by atoms with E-state index in [9.17, 15) is 4.79 Å². The van der Waals surface area contributed by atoms with E-state index in [4.69, 9.17) is 0 Å². The van der Waals surface area contributed by atoms with E-state index in [1.54, 1.807) is 6.08 Å². The zero-order valence-corrected chi connectivity index (χ0v) is 9.25. The average Bonchev–Trinajstić information content (AvgIpc) is 2.57. The summed E-state index contributed by atoms with van der Waals surface area (Å²) in [5.74, 6) is 0.416. The van der Waals surface area contributed by atoms with Crippen LogP contribution in [-0.2, 0) is 11.2 Å². The van der Waals surface area contributed by atoms with Gasteiger partial charge in [0.15, 0.2) is 0 Å². The second-order valence-corrected chi connectivity index (χ2v) is 4.43. The first kappa shape index (κ1) is 9.63. The van der Waals surface area contributed by atoms with Crippen LogP contribution >= 0.6 is 15.9 Å². The Morgan fingerprint density at radius 2 is 2.43 bits per heavy atom. The van der Waals surface area contributed by atoms with Crippen molar-refractivity contribution in [3.63, 3.8) is 0 Å². The van der Waals surface area contributed by atoms with E-state index in [1.807, 2.05) is 6.07 Å². The fraction of sp³-hybridized carbons (Fsp3) is 0.364. The summed E-state index contributed by atoms with van der Waals surface area (Å²) >= 11 is 3.45. The van der Waals surface area contributed by atoms with Crippen LogP contribution in [0.25, 0.3) is 0 Å². The summed E-state index contributed by atoms with van der Waals surface area (Å²) in [5.41, 5.74) is 2.72. The lowest BCUT2D eigenvalue weighted by Crippen LogP contribution is -1.97. The van der Waals surface area contributed by atoms with E-state index in [1.165, 1.54) is 11.1 Å². The van der Waals surface area contributed by atoms with Gasteiger partial charge in [0, 0.05) is 10.4 Å². The SMILES string of the molecule is O=C=NCC1CCc2cc(Br)ccc21. The number of benzene rings is 1. The highest BCUT2D eigenvalue weighted by molar-refractivity contribution is 9.10. The van der Waals surface area contributed by atoms with Gasteiger partial charge >= 0.3 is 0 Å².